The number of H-pyrrole nitrogens is 1. The molecule has 0 saturated carbocycles. The van der Waals surface area contributed by atoms with Crippen LogP contribution in [0.25, 0.3) is 12.7 Å². The van der Waals surface area contributed by atoms with Gasteiger partial charge in [0.2, 0.25) is 3.79 Å². The number of imidazole rings is 1. The van der Waals surface area contributed by atoms with Gasteiger partial charge in [0, 0.05) is 0 Å². The van der Waals surface area contributed by atoms with Crippen molar-refractivity contribution in [1.82, 2.24) is 9.97 Å². The summed E-state index contributed by atoms with van der Waals surface area (Å²) in [6, 6.07) is 0. The van der Waals surface area contributed by atoms with E-state index in [0.29, 0.717) is 16.5 Å². The second-order valence-corrected chi connectivity index (χ2v) is 4.52. The Morgan fingerprint density at radius 2 is 2.08 bits per heavy atom. The van der Waals surface area contributed by atoms with Gasteiger partial charge in [-0.05, 0) is 6.92 Å². The first-order valence-electron chi connectivity index (χ1n) is 3.23. The molecule has 66 valence electrons. The van der Waals surface area contributed by atoms with Gasteiger partial charge in [-0.3, -0.25) is 0 Å². The van der Waals surface area contributed by atoms with Crippen LogP contribution in [0.2, 0.25) is 0 Å². The fourth-order valence-electron chi connectivity index (χ4n) is 0.796. The summed E-state index contributed by atoms with van der Waals surface area (Å²) in [5.74, 6) is 0.297. The van der Waals surface area contributed by atoms with E-state index in [0.717, 1.165) is 0 Å². The summed E-state index contributed by atoms with van der Waals surface area (Å²) in [7, 11) is 0. The molecule has 1 heterocycles. The third kappa shape index (κ3) is 1.94. The Kier molecular flexibility index (Phi) is 2.71. The maximum absolute atomic E-state index is 5.60. The zero-order valence-corrected chi connectivity index (χ0v) is 8.63. The van der Waals surface area contributed by atoms with Crippen molar-refractivity contribution in [2.45, 2.75) is 10.7 Å². The standard InChI is InChI=1S/C7H7Cl3N2/c1-3-5-4(2)11-6(12-5)7(8,9)10/h3H,2H2,1H3,(H,11,12)/b5-3+. The Bertz CT molecular complexity index is 374. The van der Waals surface area contributed by atoms with Crippen molar-refractivity contribution in [3.8, 4) is 0 Å². The Morgan fingerprint density at radius 1 is 1.50 bits per heavy atom. The third-order valence-corrected chi connectivity index (χ3v) is 1.89. The number of alkyl halides is 3. The first kappa shape index (κ1) is 9.90. The van der Waals surface area contributed by atoms with Crippen LogP contribution in [-0.4, -0.2) is 9.97 Å². The maximum Gasteiger partial charge on any atom is 0.248 e. The van der Waals surface area contributed by atoms with Gasteiger partial charge in [0.1, 0.15) is 0 Å². The lowest BCUT2D eigenvalue weighted by Gasteiger charge is -2.04. The van der Waals surface area contributed by atoms with Crippen LogP contribution in [0.5, 0.6) is 0 Å². The van der Waals surface area contributed by atoms with Crippen LogP contribution in [-0.2, 0) is 3.79 Å². The molecule has 0 spiro atoms. The molecule has 0 aliphatic carbocycles. The average molecular weight is 226 g/mol. The number of aromatic nitrogens is 2. The van der Waals surface area contributed by atoms with Crippen LogP contribution < -0.4 is 10.7 Å². The second kappa shape index (κ2) is 3.29. The summed E-state index contributed by atoms with van der Waals surface area (Å²) in [4.78, 5) is 6.82. The molecule has 0 aromatic carbocycles. The van der Waals surface area contributed by atoms with Crippen LogP contribution in [0.4, 0.5) is 0 Å². The maximum atomic E-state index is 5.60. The molecule has 12 heavy (non-hydrogen) atoms. The third-order valence-electron chi connectivity index (χ3n) is 1.35. The minimum Gasteiger partial charge on any atom is -0.339 e. The molecule has 1 N–H and O–H groups in total. The van der Waals surface area contributed by atoms with Crippen LogP contribution in [0.15, 0.2) is 0 Å². The molecule has 0 atom stereocenters. The van der Waals surface area contributed by atoms with Crippen LogP contribution in [0, 0.1) is 0 Å². The molecule has 1 rings (SSSR count). The fraction of sp³-hybridized carbons (Fsp3) is 0.286. The van der Waals surface area contributed by atoms with Crippen molar-refractivity contribution in [2.24, 2.45) is 0 Å². The highest BCUT2D eigenvalue weighted by atomic mass is 35.6. The fourth-order valence-corrected chi connectivity index (χ4v) is 1.06. The zero-order chi connectivity index (χ0) is 9.35. The smallest absolute Gasteiger partial charge is 0.248 e. The molecule has 0 radical (unpaired) electrons. The first-order chi connectivity index (χ1) is 5.45. The van der Waals surface area contributed by atoms with Gasteiger partial charge in [0.15, 0.2) is 5.82 Å². The van der Waals surface area contributed by atoms with E-state index < -0.39 is 3.79 Å². The van der Waals surface area contributed by atoms with E-state index in [1.54, 1.807) is 6.08 Å². The van der Waals surface area contributed by atoms with Gasteiger partial charge in [-0.25, -0.2) is 4.98 Å². The lowest BCUT2D eigenvalue weighted by atomic mass is 10.5. The van der Waals surface area contributed by atoms with Gasteiger partial charge < -0.3 is 4.98 Å². The van der Waals surface area contributed by atoms with Gasteiger partial charge in [0.05, 0.1) is 10.7 Å². The highest BCUT2D eigenvalue weighted by Gasteiger charge is 2.25. The summed E-state index contributed by atoms with van der Waals surface area (Å²) < 4.78 is -1.51. The van der Waals surface area contributed by atoms with Crippen molar-refractivity contribution >= 4 is 47.5 Å². The summed E-state index contributed by atoms with van der Waals surface area (Å²) in [6.07, 6.45) is 1.79. The molecule has 0 aliphatic heterocycles. The largest absolute Gasteiger partial charge is 0.339 e. The van der Waals surface area contributed by atoms with Crippen molar-refractivity contribution in [3.63, 3.8) is 0 Å². The van der Waals surface area contributed by atoms with E-state index in [4.69, 9.17) is 34.8 Å². The van der Waals surface area contributed by atoms with E-state index in [2.05, 4.69) is 16.5 Å². The van der Waals surface area contributed by atoms with Crippen molar-refractivity contribution < 1.29 is 0 Å². The second-order valence-electron chi connectivity index (χ2n) is 2.24. The van der Waals surface area contributed by atoms with Gasteiger partial charge >= 0.3 is 0 Å². The van der Waals surface area contributed by atoms with Crippen molar-refractivity contribution in [2.75, 3.05) is 0 Å². The molecule has 0 saturated heterocycles. The topological polar surface area (TPSA) is 28.7 Å². The molecule has 5 heteroatoms. The van der Waals surface area contributed by atoms with Gasteiger partial charge in [-0.1, -0.05) is 47.5 Å². The van der Waals surface area contributed by atoms with Gasteiger partial charge in [-0.2, -0.15) is 0 Å². The van der Waals surface area contributed by atoms with Gasteiger partial charge in [0.25, 0.3) is 0 Å². The van der Waals surface area contributed by atoms with Crippen molar-refractivity contribution in [1.29, 1.82) is 0 Å². The van der Waals surface area contributed by atoms with Gasteiger partial charge in [-0.15, -0.1) is 0 Å². The Labute approximate surface area is 84.9 Å². The average Bonchev–Trinajstić information content (AvgIpc) is 2.29. The van der Waals surface area contributed by atoms with E-state index in [1.165, 1.54) is 0 Å². The highest BCUT2D eigenvalue weighted by Crippen LogP contribution is 2.34. The lowest BCUT2D eigenvalue weighted by molar-refractivity contribution is 1.02. The monoisotopic (exact) mass is 224 g/mol. The molecule has 0 unspecified atom stereocenters. The summed E-state index contributed by atoms with van der Waals surface area (Å²) >= 11 is 16.8. The normalized spacial score (nSPS) is 13.8. The van der Waals surface area contributed by atoms with Crippen LogP contribution in [0.3, 0.4) is 0 Å². The first-order valence-corrected chi connectivity index (χ1v) is 4.37. The molecule has 1 aromatic heterocycles. The number of nitrogens with zero attached hydrogens (tertiary/aromatic N) is 1. The lowest BCUT2D eigenvalue weighted by Crippen LogP contribution is -2.21. The number of rotatable bonds is 0. The predicted octanol–water partition coefficient (Wildman–Crippen LogP) is 1.45. The molecule has 0 amide bonds. The molecule has 1 aromatic rings. The number of nitrogens with one attached hydrogen (secondary N) is 1. The molecule has 0 aliphatic rings. The Morgan fingerprint density at radius 3 is 2.33 bits per heavy atom. The minimum atomic E-state index is -1.51. The molecule has 0 bridgehead atoms. The Hall–Kier alpha value is -0.180. The van der Waals surface area contributed by atoms with E-state index in [9.17, 15) is 0 Å². The van der Waals surface area contributed by atoms with E-state index in [-0.39, 0.29) is 0 Å². The molecular weight excluding hydrogens is 218 g/mol. The summed E-state index contributed by atoms with van der Waals surface area (Å²) in [5, 5.41) is 1.36. The number of hydrogen-bond donors (Lipinski definition) is 1. The molecule has 2 nitrogen and oxygen atoms in total. The number of aromatic amines is 1. The quantitative estimate of drug-likeness (QED) is 0.665. The highest BCUT2D eigenvalue weighted by molar-refractivity contribution is 6.66. The van der Waals surface area contributed by atoms with Crippen LogP contribution in [0.1, 0.15) is 12.7 Å². The van der Waals surface area contributed by atoms with E-state index >= 15 is 0 Å². The van der Waals surface area contributed by atoms with Crippen LogP contribution >= 0.6 is 34.8 Å². The van der Waals surface area contributed by atoms with Crippen molar-refractivity contribution in [3.05, 3.63) is 16.5 Å². The minimum absolute atomic E-state index is 0.297. The number of halogens is 3. The number of hydrogen-bond acceptors (Lipinski definition) is 1. The zero-order valence-electron chi connectivity index (χ0n) is 6.37. The summed E-state index contributed by atoms with van der Waals surface area (Å²) in [6.45, 7) is 5.54. The van der Waals surface area contributed by atoms with E-state index in [1.807, 2.05) is 6.92 Å². The summed E-state index contributed by atoms with van der Waals surface area (Å²) in [5.41, 5.74) is 0. The SMILES string of the molecule is C=c1[nH]c(C(Cl)(Cl)Cl)n/c1=C/C. The predicted molar refractivity (Wildman–Crippen MR) is 52.7 cm³/mol. The Balaban J connectivity index is 3.33. The molecule has 0 fully saturated rings. The molecular formula is C7H7Cl3N2.